The van der Waals surface area contributed by atoms with Crippen molar-refractivity contribution in [3.05, 3.63) is 29.3 Å². The number of rotatable bonds is 9. The van der Waals surface area contributed by atoms with Crippen LogP contribution in [0.25, 0.3) is 0 Å². The Kier molecular flexibility index (Phi) is 11.4. The lowest BCUT2D eigenvalue weighted by Gasteiger charge is -2.45. The monoisotopic (exact) mass is 544 g/mol. The molecule has 0 unspecified atom stereocenters. The van der Waals surface area contributed by atoms with Crippen LogP contribution >= 0.6 is 24.0 Å². The summed E-state index contributed by atoms with van der Waals surface area (Å²) in [7, 11) is 0. The Morgan fingerprint density at radius 3 is 2.58 bits per heavy atom. The van der Waals surface area contributed by atoms with Gasteiger partial charge in [-0.15, -0.1) is 24.0 Å². The molecule has 31 heavy (non-hydrogen) atoms. The van der Waals surface area contributed by atoms with Gasteiger partial charge in [-0.2, -0.15) is 0 Å². The average molecular weight is 545 g/mol. The second-order valence-corrected chi connectivity index (χ2v) is 8.54. The Hall–Kier alpha value is -1.06. The first-order valence-electron chi connectivity index (χ1n) is 11.7. The van der Waals surface area contributed by atoms with Gasteiger partial charge >= 0.3 is 0 Å². The van der Waals surface area contributed by atoms with Crippen molar-refractivity contribution in [3.63, 3.8) is 0 Å². The first-order chi connectivity index (χ1) is 14.7. The molecule has 2 N–H and O–H groups in total. The van der Waals surface area contributed by atoms with Crippen molar-refractivity contribution >= 4 is 29.9 Å². The average Bonchev–Trinajstić information content (AvgIpc) is 3.31. The van der Waals surface area contributed by atoms with E-state index in [1.165, 1.54) is 31.5 Å². The van der Waals surface area contributed by atoms with Crippen molar-refractivity contribution in [1.29, 1.82) is 0 Å². The van der Waals surface area contributed by atoms with E-state index in [1.807, 2.05) is 0 Å². The summed E-state index contributed by atoms with van der Waals surface area (Å²) in [6.45, 7) is 13.6. The highest BCUT2D eigenvalue weighted by molar-refractivity contribution is 14.0. The second kappa shape index (κ2) is 13.5. The standard InChI is InChI=1S/C24H40N4O2.HI/c1-4-14-30-22-17-20(3)8-9-21(22)18-26-23(25-5-2)27-19-24(10-15-29-16-11-24)28-12-6-7-13-28;/h8-9,17H,4-7,10-16,18-19H2,1-3H3,(H2,25,26,27);1H. The lowest BCUT2D eigenvalue weighted by Crippen LogP contribution is -2.58. The molecule has 0 saturated carbocycles. The third-order valence-electron chi connectivity index (χ3n) is 6.22. The molecule has 0 amide bonds. The summed E-state index contributed by atoms with van der Waals surface area (Å²) in [4.78, 5) is 7.57. The molecular formula is C24H41IN4O2. The van der Waals surface area contributed by atoms with Gasteiger partial charge in [0.2, 0.25) is 0 Å². The van der Waals surface area contributed by atoms with E-state index in [4.69, 9.17) is 14.5 Å². The molecule has 2 saturated heterocycles. The maximum atomic E-state index is 5.97. The van der Waals surface area contributed by atoms with E-state index in [0.29, 0.717) is 6.54 Å². The van der Waals surface area contributed by atoms with Gasteiger partial charge in [0.1, 0.15) is 5.75 Å². The van der Waals surface area contributed by atoms with Crippen LogP contribution in [0.15, 0.2) is 23.2 Å². The molecule has 7 heteroatoms. The molecule has 0 atom stereocenters. The van der Waals surface area contributed by atoms with Crippen molar-refractivity contribution in [3.8, 4) is 5.75 Å². The minimum Gasteiger partial charge on any atom is -0.493 e. The van der Waals surface area contributed by atoms with Crippen LogP contribution in [0.2, 0.25) is 0 Å². The smallest absolute Gasteiger partial charge is 0.191 e. The normalized spacial score (nSPS) is 19.0. The number of guanidine groups is 1. The molecule has 2 aliphatic heterocycles. The van der Waals surface area contributed by atoms with Crippen LogP contribution in [0, 0.1) is 6.92 Å². The van der Waals surface area contributed by atoms with Crippen molar-refractivity contribution in [2.45, 2.75) is 65.0 Å². The number of nitrogens with one attached hydrogen (secondary N) is 2. The van der Waals surface area contributed by atoms with E-state index in [-0.39, 0.29) is 29.5 Å². The van der Waals surface area contributed by atoms with Gasteiger partial charge in [-0.1, -0.05) is 19.1 Å². The predicted molar refractivity (Wildman–Crippen MR) is 139 cm³/mol. The highest BCUT2D eigenvalue weighted by Gasteiger charge is 2.39. The van der Waals surface area contributed by atoms with Gasteiger partial charge < -0.3 is 20.1 Å². The third kappa shape index (κ3) is 7.49. The third-order valence-corrected chi connectivity index (χ3v) is 6.22. The summed E-state index contributed by atoms with van der Waals surface area (Å²) in [6, 6.07) is 6.39. The number of hydrogen-bond acceptors (Lipinski definition) is 4. The molecule has 2 fully saturated rings. The molecule has 0 radical (unpaired) electrons. The minimum atomic E-state index is 0. The molecule has 0 spiro atoms. The van der Waals surface area contributed by atoms with Crippen LogP contribution in [-0.2, 0) is 11.3 Å². The maximum Gasteiger partial charge on any atom is 0.191 e. The SMILES string of the molecule is CCCOc1cc(C)ccc1CN=C(NCC)NCC1(N2CCCC2)CCOCC1.I. The molecule has 3 rings (SSSR count). The summed E-state index contributed by atoms with van der Waals surface area (Å²) in [5.41, 5.74) is 2.53. The Morgan fingerprint density at radius 1 is 1.16 bits per heavy atom. The highest BCUT2D eigenvalue weighted by Crippen LogP contribution is 2.30. The summed E-state index contributed by atoms with van der Waals surface area (Å²) in [5.74, 6) is 1.83. The number of nitrogens with zero attached hydrogens (tertiary/aromatic N) is 2. The van der Waals surface area contributed by atoms with Gasteiger partial charge in [0, 0.05) is 37.4 Å². The largest absolute Gasteiger partial charge is 0.493 e. The van der Waals surface area contributed by atoms with Gasteiger partial charge in [-0.25, -0.2) is 4.99 Å². The fourth-order valence-corrected chi connectivity index (χ4v) is 4.44. The zero-order chi connectivity index (χ0) is 21.2. The van der Waals surface area contributed by atoms with Gasteiger partial charge in [0.25, 0.3) is 0 Å². The molecule has 2 aliphatic rings. The number of benzene rings is 1. The van der Waals surface area contributed by atoms with Crippen LogP contribution in [0.3, 0.4) is 0 Å². The van der Waals surface area contributed by atoms with E-state index < -0.39 is 0 Å². The van der Waals surface area contributed by atoms with Gasteiger partial charge in [0.05, 0.1) is 13.2 Å². The lowest BCUT2D eigenvalue weighted by molar-refractivity contribution is -0.0164. The summed E-state index contributed by atoms with van der Waals surface area (Å²) >= 11 is 0. The van der Waals surface area contributed by atoms with Crippen molar-refractivity contribution < 1.29 is 9.47 Å². The minimum absolute atomic E-state index is 0. The quantitative estimate of drug-likeness (QED) is 0.279. The van der Waals surface area contributed by atoms with E-state index in [2.05, 4.69) is 54.5 Å². The highest BCUT2D eigenvalue weighted by atomic mass is 127. The van der Waals surface area contributed by atoms with Crippen LogP contribution in [0.1, 0.15) is 57.1 Å². The van der Waals surface area contributed by atoms with E-state index in [0.717, 1.165) is 69.4 Å². The van der Waals surface area contributed by atoms with Gasteiger partial charge in [0.15, 0.2) is 5.96 Å². The van der Waals surface area contributed by atoms with Crippen molar-refractivity contribution in [2.24, 2.45) is 4.99 Å². The van der Waals surface area contributed by atoms with Crippen LogP contribution in [0.5, 0.6) is 5.75 Å². The van der Waals surface area contributed by atoms with E-state index in [9.17, 15) is 0 Å². The van der Waals surface area contributed by atoms with E-state index in [1.54, 1.807) is 0 Å². The van der Waals surface area contributed by atoms with Crippen LogP contribution in [0.4, 0.5) is 0 Å². The number of likely N-dealkylation sites (tertiary alicyclic amines) is 1. The maximum absolute atomic E-state index is 5.97. The summed E-state index contributed by atoms with van der Waals surface area (Å²) in [6.07, 6.45) is 5.80. The first kappa shape index (κ1) is 26.2. The number of hydrogen-bond donors (Lipinski definition) is 2. The number of aryl methyl sites for hydroxylation is 1. The Morgan fingerprint density at radius 2 is 1.90 bits per heavy atom. The lowest BCUT2D eigenvalue weighted by atomic mass is 9.88. The molecule has 0 aliphatic carbocycles. The van der Waals surface area contributed by atoms with Crippen molar-refractivity contribution in [2.75, 3.05) is 46.0 Å². The number of halogens is 1. The first-order valence-corrected chi connectivity index (χ1v) is 11.7. The van der Waals surface area contributed by atoms with Crippen LogP contribution < -0.4 is 15.4 Å². The van der Waals surface area contributed by atoms with Crippen molar-refractivity contribution in [1.82, 2.24) is 15.5 Å². The summed E-state index contributed by atoms with van der Waals surface area (Å²) in [5, 5.41) is 7.08. The molecule has 1 aromatic rings. The van der Waals surface area contributed by atoms with Gasteiger partial charge in [-0.05, 0) is 70.7 Å². The predicted octanol–water partition coefficient (Wildman–Crippen LogP) is 4.10. The fourth-order valence-electron chi connectivity index (χ4n) is 4.44. The molecular weight excluding hydrogens is 503 g/mol. The van der Waals surface area contributed by atoms with Crippen LogP contribution in [-0.4, -0.2) is 62.4 Å². The Labute approximate surface area is 205 Å². The zero-order valence-electron chi connectivity index (χ0n) is 19.5. The molecule has 1 aromatic carbocycles. The molecule has 0 aromatic heterocycles. The summed E-state index contributed by atoms with van der Waals surface area (Å²) < 4.78 is 11.7. The molecule has 2 heterocycles. The Bertz CT molecular complexity index is 686. The van der Waals surface area contributed by atoms with E-state index >= 15 is 0 Å². The molecule has 0 bridgehead atoms. The second-order valence-electron chi connectivity index (χ2n) is 8.54. The van der Waals surface area contributed by atoms with Gasteiger partial charge in [-0.3, -0.25) is 4.90 Å². The zero-order valence-corrected chi connectivity index (χ0v) is 21.9. The fraction of sp³-hybridized carbons (Fsp3) is 0.708. The number of ether oxygens (including phenoxy) is 2. The molecule has 176 valence electrons. The molecule has 6 nitrogen and oxygen atoms in total. The topological polar surface area (TPSA) is 58.1 Å². The Balaban J connectivity index is 0.00000341. The number of aliphatic imine (C=N–C) groups is 1.